The second kappa shape index (κ2) is 8.56. The van der Waals surface area contributed by atoms with E-state index in [1.807, 2.05) is 31.2 Å². The Morgan fingerprint density at radius 3 is 2.54 bits per heavy atom. The molecule has 1 N–H and O–H groups in total. The number of halogens is 2. The number of nitrogens with one attached hydrogen (secondary N) is 1. The van der Waals surface area contributed by atoms with E-state index in [-0.39, 0.29) is 28.7 Å². The molecule has 0 aliphatic heterocycles. The zero-order chi connectivity index (χ0) is 20.3. The average molecular weight is 448 g/mol. The van der Waals surface area contributed by atoms with Gasteiger partial charge in [-0.25, -0.2) is 9.18 Å². The Labute approximate surface area is 169 Å². The van der Waals surface area contributed by atoms with E-state index in [0.717, 1.165) is 10.0 Å². The van der Waals surface area contributed by atoms with Crippen molar-refractivity contribution >= 4 is 32.8 Å². The summed E-state index contributed by atoms with van der Waals surface area (Å²) >= 11 is 3.39. The van der Waals surface area contributed by atoms with Crippen LogP contribution in [0.15, 0.2) is 45.7 Å². The third-order valence-electron chi connectivity index (χ3n) is 4.48. The van der Waals surface area contributed by atoms with Crippen molar-refractivity contribution in [3.05, 3.63) is 73.7 Å². The first-order valence-electron chi connectivity index (χ1n) is 8.74. The van der Waals surface area contributed by atoms with E-state index in [4.69, 9.17) is 4.74 Å². The van der Waals surface area contributed by atoms with Gasteiger partial charge in [0.1, 0.15) is 11.6 Å². The molecule has 0 bridgehead atoms. The minimum atomic E-state index is -0.589. The number of benzene rings is 2. The first kappa shape index (κ1) is 20.1. The Morgan fingerprint density at radius 2 is 1.89 bits per heavy atom. The van der Waals surface area contributed by atoms with E-state index in [9.17, 15) is 14.0 Å². The number of rotatable bonds is 6. The Kier molecular flexibility index (Phi) is 6.14. The number of H-pyrrole nitrogens is 1. The molecule has 0 aliphatic rings. The predicted octanol–water partition coefficient (Wildman–Crippen LogP) is 4.13. The summed E-state index contributed by atoms with van der Waals surface area (Å²) in [5.41, 5.74) is 1.93. The molecule has 0 amide bonds. The molecule has 0 spiro atoms. The molecule has 0 saturated heterocycles. The number of hydrogen-bond donors (Lipinski definition) is 1. The normalized spacial score (nSPS) is 10.9. The first-order valence-corrected chi connectivity index (χ1v) is 9.54. The van der Waals surface area contributed by atoms with Crippen molar-refractivity contribution in [3.63, 3.8) is 0 Å². The highest BCUT2D eigenvalue weighted by molar-refractivity contribution is 9.10. The van der Waals surface area contributed by atoms with Crippen molar-refractivity contribution in [2.45, 2.75) is 19.8 Å². The van der Waals surface area contributed by atoms with Crippen LogP contribution >= 0.6 is 15.9 Å². The number of methoxy groups -OCH3 is 1. The number of carbonyl (C=O) groups is 1. The lowest BCUT2D eigenvalue weighted by Crippen LogP contribution is -2.18. The van der Waals surface area contributed by atoms with Crippen LogP contribution in [0.1, 0.15) is 23.7 Å². The summed E-state index contributed by atoms with van der Waals surface area (Å²) in [5, 5.41) is 0.0909. The maximum absolute atomic E-state index is 14.4. The number of fused-ring (bicyclic) bond motifs is 1. The number of aryl methyl sites for hydroxylation is 1. The molecular formula is C21H19BrFNO4. The van der Waals surface area contributed by atoms with E-state index in [1.165, 1.54) is 19.2 Å². The summed E-state index contributed by atoms with van der Waals surface area (Å²) in [6, 6.07) is 10.2. The second-order valence-corrected chi connectivity index (χ2v) is 7.14. The molecule has 1 heterocycles. The maximum Gasteiger partial charge on any atom is 0.343 e. The van der Waals surface area contributed by atoms with E-state index in [2.05, 4.69) is 25.7 Å². The van der Waals surface area contributed by atoms with Crippen LogP contribution < -0.4 is 10.2 Å². The highest BCUT2D eigenvalue weighted by Crippen LogP contribution is 2.26. The summed E-state index contributed by atoms with van der Waals surface area (Å²) < 4.78 is 25.3. The topological polar surface area (TPSA) is 68.4 Å². The van der Waals surface area contributed by atoms with Gasteiger partial charge in [-0.2, -0.15) is 0 Å². The van der Waals surface area contributed by atoms with Crippen LogP contribution in [0.2, 0.25) is 0 Å². The minimum Gasteiger partial charge on any atom is -0.481 e. The molecule has 7 heteroatoms. The standard InChI is InChI=1S/C21H19BrFNO4/c1-3-16-14(10-12-4-6-13(22)7-5-12)21(26)19-17(28-11-18(25)27-2)9-8-15(23)20(19)24-16/h4-9H,3,10-11H2,1-2H3,(H,24,26). The smallest absolute Gasteiger partial charge is 0.343 e. The Balaban J connectivity index is 2.15. The zero-order valence-corrected chi connectivity index (χ0v) is 17.1. The van der Waals surface area contributed by atoms with Crippen molar-refractivity contribution < 1.29 is 18.7 Å². The van der Waals surface area contributed by atoms with Gasteiger partial charge in [-0.3, -0.25) is 4.79 Å². The van der Waals surface area contributed by atoms with Crippen LogP contribution in [-0.4, -0.2) is 24.7 Å². The third-order valence-corrected chi connectivity index (χ3v) is 5.01. The van der Waals surface area contributed by atoms with Gasteiger partial charge in [0.2, 0.25) is 0 Å². The van der Waals surface area contributed by atoms with Gasteiger partial charge in [0, 0.05) is 22.2 Å². The number of aromatic nitrogens is 1. The molecule has 0 aliphatic carbocycles. The molecule has 0 atom stereocenters. The largest absolute Gasteiger partial charge is 0.481 e. The lowest BCUT2D eigenvalue weighted by molar-refractivity contribution is -0.142. The number of aromatic amines is 1. The van der Waals surface area contributed by atoms with Crippen LogP contribution in [-0.2, 0) is 22.4 Å². The maximum atomic E-state index is 14.4. The molecule has 0 radical (unpaired) electrons. The van der Waals surface area contributed by atoms with Crippen molar-refractivity contribution in [3.8, 4) is 5.75 Å². The van der Waals surface area contributed by atoms with Crippen molar-refractivity contribution in [1.82, 2.24) is 4.98 Å². The number of pyridine rings is 1. The van der Waals surface area contributed by atoms with Gasteiger partial charge in [-0.15, -0.1) is 0 Å². The summed E-state index contributed by atoms with van der Waals surface area (Å²) in [7, 11) is 1.24. The van der Waals surface area contributed by atoms with E-state index < -0.39 is 11.8 Å². The zero-order valence-electron chi connectivity index (χ0n) is 15.5. The fraction of sp³-hybridized carbons (Fsp3) is 0.238. The highest BCUT2D eigenvalue weighted by Gasteiger charge is 2.18. The highest BCUT2D eigenvalue weighted by atomic mass is 79.9. The number of esters is 1. The molecule has 5 nitrogen and oxygen atoms in total. The lowest BCUT2D eigenvalue weighted by atomic mass is 9.99. The van der Waals surface area contributed by atoms with E-state index in [0.29, 0.717) is 24.1 Å². The second-order valence-electron chi connectivity index (χ2n) is 6.23. The lowest BCUT2D eigenvalue weighted by Gasteiger charge is -2.14. The molecular weight excluding hydrogens is 429 g/mol. The summed E-state index contributed by atoms with van der Waals surface area (Å²) in [5.74, 6) is -1.00. The van der Waals surface area contributed by atoms with Gasteiger partial charge in [-0.05, 0) is 36.2 Å². The molecule has 146 valence electrons. The molecule has 0 fully saturated rings. The van der Waals surface area contributed by atoms with Crippen molar-refractivity contribution in [2.24, 2.45) is 0 Å². The molecule has 28 heavy (non-hydrogen) atoms. The molecule has 1 aromatic heterocycles. The van der Waals surface area contributed by atoms with E-state index >= 15 is 0 Å². The molecule has 0 unspecified atom stereocenters. The van der Waals surface area contributed by atoms with Crippen LogP contribution in [0.25, 0.3) is 10.9 Å². The SMILES string of the molecule is CCc1[nH]c2c(F)ccc(OCC(=O)OC)c2c(=O)c1Cc1ccc(Br)cc1. The summed E-state index contributed by atoms with van der Waals surface area (Å²) in [6.45, 7) is 1.53. The average Bonchev–Trinajstić information content (AvgIpc) is 2.70. The fourth-order valence-electron chi connectivity index (χ4n) is 3.03. The predicted molar refractivity (Wildman–Crippen MR) is 108 cm³/mol. The van der Waals surface area contributed by atoms with Gasteiger partial charge < -0.3 is 14.5 Å². The molecule has 0 saturated carbocycles. The third kappa shape index (κ3) is 4.09. The van der Waals surface area contributed by atoms with E-state index in [1.54, 1.807) is 0 Å². The van der Waals surface area contributed by atoms with Crippen LogP contribution in [0, 0.1) is 5.82 Å². The number of ether oxygens (including phenoxy) is 2. The minimum absolute atomic E-state index is 0.0729. The quantitative estimate of drug-likeness (QED) is 0.576. The number of carbonyl (C=O) groups excluding carboxylic acids is 1. The van der Waals surface area contributed by atoms with Crippen LogP contribution in [0.4, 0.5) is 4.39 Å². The Morgan fingerprint density at radius 1 is 1.18 bits per heavy atom. The van der Waals surface area contributed by atoms with Crippen LogP contribution in [0.3, 0.4) is 0 Å². The molecule has 3 aromatic rings. The van der Waals surface area contributed by atoms with Gasteiger partial charge in [0.15, 0.2) is 12.0 Å². The van der Waals surface area contributed by atoms with Crippen molar-refractivity contribution in [1.29, 1.82) is 0 Å². The van der Waals surface area contributed by atoms with Crippen LogP contribution in [0.5, 0.6) is 5.75 Å². The van der Waals surface area contributed by atoms with Gasteiger partial charge in [0.05, 0.1) is 18.0 Å². The molecule has 2 aromatic carbocycles. The van der Waals surface area contributed by atoms with Gasteiger partial charge in [0.25, 0.3) is 0 Å². The Hall–Kier alpha value is -2.67. The van der Waals surface area contributed by atoms with Gasteiger partial charge in [-0.1, -0.05) is 35.0 Å². The summed E-state index contributed by atoms with van der Waals surface area (Å²) in [6.07, 6.45) is 0.943. The summed E-state index contributed by atoms with van der Waals surface area (Å²) in [4.78, 5) is 27.7. The fourth-order valence-corrected chi connectivity index (χ4v) is 3.30. The molecule has 3 rings (SSSR count). The first-order chi connectivity index (χ1) is 13.4. The monoisotopic (exact) mass is 447 g/mol. The Bertz CT molecular complexity index is 1080. The van der Waals surface area contributed by atoms with Crippen molar-refractivity contribution in [2.75, 3.05) is 13.7 Å². The van der Waals surface area contributed by atoms with Gasteiger partial charge >= 0.3 is 5.97 Å². The number of hydrogen-bond acceptors (Lipinski definition) is 4.